The van der Waals surface area contributed by atoms with E-state index in [0.29, 0.717) is 13.2 Å². The van der Waals surface area contributed by atoms with E-state index in [1.807, 2.05) is 6.07 Å². The van der Waals surface area contributed by atoms with Crippen LogP contribution in [0.1, 0.15) is 64.5 Å². The maximum atomic E-state index is 9.42. The van der Waals surface area contributed by atoms with Gasteiger partial charge in [0, 0.05) is 26.3 Å². The SMILES string of the molecule is CCCOCc1ccccc1CN=C(NCC)NCC(CC)(CC)CCO.I. The second-order valence-corrected chi connectivity index (χ2v) is 7.05. The Kier molecular flexibility index (Phi) is 15.5. The van der Waals surface area contributed by atoms with Crippen LogP contribution < -0.4 is 10.6 Å². The van der Waals surface area contributed by atoms with Crippen molar-refractivity contribution in [1.82, 2.24) is 10.6 Å². The molecule has 0 aromatic heterocycles. The van der Waals surface area contributed by atoms with Crippen LogP contribution in [0.15, 0.2) is 29.3 Å². The largest absolute Gasteiger partial charge is 0.396 e. The number of hydrogen-bond donors (Lipinski definition) is 3. The molecule has 3 N–H and O–H groups in total. The Morgan fingerprint density at radius 3 is 2.32 bits per heavy atom. The fraction of sp³-hybridized carbons (Fsp3) is 0.682. The van der Waals surface area contributed by atoms with Crippen LogP contribution in [0.2, 0.25) is 0 Å². The molecular formula is C22H40IN3O2. The van der Waals surface area contributed by atoms with Gasteiger partial charge in [-0.15, -0.1) is 24.0 Å². The molecule has 0 atom stereocenters. The molecule has 0 saturated carbocycles. The van der Waals surface area contributed by atoms with E-state index in [1.165, 1.54) is 11.1 Å². The molecule has 0 fully saturated rings. The van der Waals surface area contributed by atoms with Gasteiger partial charge in [0.1, 0.15) is 0 Å². The van der Waals surface area contributed by atoms with E-state index >= 15 is 0 Å². The van der Waals surface area contributed by atoms with Crippen LogP contribution in [-0.2, 0) is 17.9 Å². The first kappa shape index (κ1) is 27.1. The molecule has 1 aromatic carbocycles. The van der Waals surface area contributed by atoms with Crippen molar-refractivity contribution in [3.8, 4) is 0 Å². The molecule has 0 aliphatic carbocycles. The van der Waals surface area contributed by atoms with E-state index in [0.717, 1.165) is 51.3 Å². The number of hydrogen-bond acceptors (Lipinski definition) is 3. The molecule has 0 amide bonds. The third-order valence-corrected chi connectivity index (χ3v) is 5.25. The lowest BCUT2D eigenvalue weighted by atomic mass is 9.79. The summed E-state index contributed by atoms with van der Waals surface area (Å²) in [6.45, 7) is 12.5. The Morgan fingerprint density at radius 2 is 1.75 bits per heavy atom. The molecule has 0 heterocycles. The molecule has 0 aliphatic heterocycles. The monoisotopic (exact) mass is 505 g/mol. The summed E-state index contributed by atoms with van der Waals surface area (Å²) in [6, 6.07) is 8.33. The van der Waals surface area contributed by atoms with Crippen molar-refractivity contribution in [3.63, 3.8) is 0 Å². The van der Waals surface area contributed by atoms with Crippen LogP contribution in [0.3, 0.4) is 0 Å². The van der Waals surface area contributed by atoms with Crippen LogP contribution in [-0.4, -0.2) is 37.4 Å². The standard InChI is InChI=1S/C22H39N3O2.HI/c1-5-15-27-17-20-12-10-9-11-19(20)16-24-21(23-8-4)25-18-22(6-2,7-3)13-14-26;/h9-12,26H,5-8,13-18H2,1-4H3,(H2,23,24,25);1H. The van der Waals surface area contributed by atoms with Crippen LogP contribution in [0.5, 0.6) is 0 Å². The minimum absolute atomic E-state index is 0. The average Bonchev–Trinajstić information content (AvgIpc) is 2.70. The van der Waals surface area contributed by atoms with Gasteiger partial charge in [-0.1, -0.05) is 45.0 Å². The molecule has 1 aromatic rings. The summed E-state index contributed by atoms with van der Waals surface area (Å²) in [7, 11) is 0. The highest BCUT2D eigenvalue weighted by atomic mass is 127. The number of ether oxygens (including phenoxy) is 1. The van der Waals surface area contributed by atoms with Gasteiger partial charge in [0.25, 0.3) is 0 Å². The quantitative estimate of drug-likeness (QED) is 0.160. The summed E-state index contributed by atoms with van der Waals surface area (Å²) in [5, 5.41) is 16.2. The van der Waals surface area contributed by atoms with Gasteiger partial charge in [0.15, 0.2) is 5.96 Å². The van der Waals surface area contributed by atoms with Crippen molar-refractivity contribution in [3.05, 3.63) is 35.4 Å². The molecule has 0 aliphatic rings. The van der Waals surface area contributed by atoms with E-state index < -0.39 is 0 Å². The number of halogens is 1. The Labute approximate surface area is 188 Å². The summed E-state index contributed by atoms with van der Waals surface area (Å²) in [4.78, 5) is 4.78. The van der Waals surface area contributed by atoms with E-state index in [-0.39, 0.29) is 36.0 Å². The maximum Gasteiger partial charge on any atom is 0.191 e. The van der Waals surface area contributed by atoms with Crippen molar-refractivity contribution in [2.75, 3.05) is 26.3 Å². The molecule has 28 heavy (non-hydrogen) atoms. The van der Waals surface area contributed by atoms with E-state index in [4.69, 9.17) is 9.73 Å². The molecule has 0 unspecified atom stereocenters. The van der Waals surface area contributed by atoms with Gasteiger partial charge in [-0.25, -0.2) is 4.99 Å². The highest BCUT2D eigenvalue weighted by Gasteiger charge is 2.25. The predicted octanol–water partition coefficient (Wildman–Crippen LogP) is 4.48. The lowest BCUT2D eigenvalue weighted by Gasteiger charge is -2.32. The lowest BCUT2D eigenvalue weighted by Crippen LogP contribution is -2.43. The normalized spacial score (nSPS) is 11.8. The van der Waals surface area contributed by atoms with Gasteiger partial charge in [-0.05, 0) is 49.1 Å². The Hall–Kier alpha value is -0.860. The molecule has 0 radical (unpaired) electrons. The van der Waals surface area contributed by atoms with Gasteiger partial charge in [0.05, 0.1) is 13.2 Å². The van der Waals surface area contributed by atoms with Gasteiger partial charge < -0.3 is 20.5 Å². The number of aliphatic imine (C=N–C) groups is 1. The molecule has 6 heteroatoms. The third-order valence-electron chi connectivity index (χ3n) is 5.25. The van der Waals surface area contributed by atoms with Crippen molar-refractivity contribution in [2.45, 2.75) is 66.5 Å². The Balaban J connectivity index is 0.00000729. The van der Waals surface area contributed by atoms with Crippen molar-refractivity contribution < 1.29 is 9.84 Å². The number of nitrogens with zero attached hydrogens (tertiary/aromatic N) is 1. The highest BCUT2D eigenvalue weighted by Crippen LogP contribution is 2.29. The smallest absolute Gasteiger partial charge is 0.191 e. The van der Waals surface area contributed by atoms with Gasteiger partial charge in [-0.3, -0.25) is 0 Å². The number of aliphatic hydroxyl groups excluding tert-OH is 1. The van der Waals surface area contributed by atoms with E-state index in [1.54, 1.807) is 0 Å². The molecule has 162 valence electrons. The zero-order valence-corrected chi connectivity index (χ0v) is 20.4. The van der Waals surface area contributed by atoms with Crippen LogP contribution >= 0.6 is 24.0 Å². The number of guanidine groups is 1. The zero-order valence-electron chi connectivity index (χ0n) is 18.1. The second-order valence-electron chi connectivity index (χ2n) is 7.05. The Bertz CT molecular complexity index is 548. The van der Waals surface area contributed by atoms with Crippen LogP contribution in [0, 0.1) is 5.41 Å². The molecule has 0 spiro atoms. The minimum Gasteiger partial charge on any atom is -0.396 e. The summed E-state index contributed by atoms with van der Waals surface area (Å²) in [5.41, 5.74) is 2.50. The van der Waals surface area contributed by atoms with E-state index in [2.05, 4.69) is 56.5 Å². The first-order valence-electron chi connectivity index (χ1n) is 10.4. The van der Waals surface area contributed by atoms with Gasteiger partial charge in [-0.2, -0.15) is 0 Å². The maximum absolute atomic E-state index is 9.42. The average molecular weight is 505 g/mol. The van der Waals surface area contributed by atoms with Gasteiger partial charge >= 0.3 is 0 Å². The molecule has 0 bridgehead atoms. The fourth-order valence-corrected chi connectivity index (χ4v) is 3.14. The molecule has 5 nitrogen and oxygen atoms in total. The van der Waals surface area contributed by atoms with E-state index in [9.17, 15) is 5.11 Å². The van der Waals surface area contributed by atoms with Crippen LogP contribution in [0.25, 0.3) is 0 Å². The minimum atomic E-state index is 0. The predicted molar refractivity (Wildman–Crippen MR) is 129 cm³/mol. The number of nitrogens with one attached hydrogen (secondary N) is 2. The topological polar surface area (TPSA) is 65.9 Å². The number of benzene rings is 1. The number of aliphatic hydroxyl groups is 1. The van der Waals surface area contributed by atoms with Crippen molar-refractivity contribution in [2.24, 2.45) is 10.4 Å². The summed E-state index contributed by atoms with van der Waals surface area (Å²) < 4.78 is 5.71. The summed E-state index contributed by atoms with van der Waals surface area (Å²) in [6.07, 6.45) is 3.91. The Morgan fingerprint density at radius 1 is 1.07 bits per heavy atom. The zero-order chi connectivity index (χ0) is 20.0. The second kappa shape index (κ2) is 16.0. The van der Waals surface area contributed by atoms with Crippen molar-refractivity contribution in [1.29, 1.82) is 0 Å². The first-order chi connectivity index (χ1) is 13.1. The fourth-order valence-electron chi connectivity index (χ4n) is 3.14. The highest BCUT2D eigenvalue weighted by molar-refractivity contribution is 14.0. The lowest BCUT2D eigenvalue weighted by molar-refractivity contribution is 0.121. The summed E-state index contributed by atoms with van der Waals surface area (Å²) in [5.74, 6) is 0.825. The molecular weight excluding hydrogens is 465 g/mol. The molecule has 1 rings (SSSR count). The van der Waals surface area contributed by atoms with Crippen LogP contribution in [0.4, 0.5) is 0 Å². The number of rotatable bonds is 13. The van der Waals surface area contributed by atoms with Crippen molar-refractivity contribution >= 4 is 29.9 Å². The first-order valence-corrected chi connectivity index (χ1v) is 10.4. The summed E-state index contributed by atoms with van der Waals surface area (Å²) >= 11 is 0. The molecule has 0 saturated heterocycles. The van der Waals surface area contributed by atoms with Gasteiger partial charge in [0.2, 0.25) is 0 Å². The third kappa shape index (κ3) is 9.56.